The zero-order chi connectivity index (χ0) is 11.3. The molecule has 0 aliphatic rings. The van der Waals surface area contributed by atoms with Gasteiger partial charge in [0.15, 0.2) is 0 Å². The number of aryl methyl sites for hydroxylation is 1. The second kappa shape index (κ2) is 5.08. The fourth-order valence-electron chi connectivity index (χ4n) is 1.16. The minimum absolute atomic E-state index is 0.227. The average Bonchev–Trinajstić information content (AvgIpc) is 2.63. The Kier molecular flexibility index (Phi) is 3.78. The summed E-state index contributed by atoms with van der Waals surface area (Å²) in [6, 6.07) is 0. The van der Waals surface area contributed by atoms with Crippen molar-refractivity contribution < 1.29 is 19.8 Å². The van der Waals surface area contributed by atoms with E-state index in [4.69, 9.17) is 10.2 Å². The summed E-state index contributed by atoms with van der Waals surface area (Å²) in [7, 11) is 0. The lowest BCUT2D eigenvalue weighted by Gasteiger charge is -2.08. The van der Waals surface area contributed by atoms with E-state index in [0.29, 0.717) is 6.54 Å². The molecular formula is C8H11N3O4. The zero-order valence-electron chi connectivity index (χ0n) is 7.91. The Labute approximate surface area is 85.4 Å². The molecule has 0 radical (unpaired) electrons. The number of carboxylic acid groups (broad SMARTS) is 2. The van der Waals surface area contributed by atoms with Crippen molar-refractivity contribution in [2.75, 3.05) is 0 Å². The molecule has 0 saturated carbocycles. The van der Waals surface area contributed by atoms with Crippen molar-refractivity contribution in [3.8, 4) is 0 Å². The van der Waals surface area contributed by atoms with Crippen LogP contribution < -0.4 is 0 Å². The van der Waals surface area contributed by atoms with E-state index in [2.05, 4.69) is 10.1 Å². The largest absolute Gasteiger partial charge is 0.481 e. The van der Waals surface area contributed by atoms with E-state index in [0.717, 1.165) is 0 Å². The minimum atomic E-state index is -1.11. The minimum Gasteiger partial charge on any atom is -0.481 e. The van der Waals surface area contributed by atoms with Gasteiger partial charge in [0.05, 0.1) is 12.3 Å². The van der Waals surface area contributed by atoms with Gasteiger partial charge < -0.3 is 10.2 Å². The molecule has 0 aromatic carbocycles. The van der Waals surface area contributed by atoms with Crippen LogP contribution in [0, 0.1) is 5.92 Å². The lowest BCUT2D eigenvalue weighted by Crippen LogP contribution is -2.19. The van der Waals surface area contributed by atoms with Crippen LogP contribution in [0.1, 0.15) is 12.8 Å². The molecule has 1 heterocycles. The molecule has 0 bridgehead atoms. The van der Waals surface area contributed by atoms with E-state index < -0.39 is 17.9 Å². The normalized spacial score (nSPS) is 12.3. The number of hydrogen-bond acceptors (Lipinski definition) is 4. The standard InChI is InChI=1S/C8H11N3O4/c12-7(13)3-6(8(14)15)1-2-11-5-9-4-10-11/h4-6H,1-3H2,(H,12,13)(H,14,15). The molecule has 7 heteroatoms. The Morgan fingerprint density at radius 3 is 2.60 bits per heavy atom. The zero-order valence-corrected chi connectivity index (χ0v) is 7.91. The van der Waals surface area contributed by atoms with E-state index >= 15 is 0 Å². The summed E-state index contributed by atoms with van der Waals surface area (Å²) in [6.45, 7) is 0.351. The molecule has 0 saturated heterocycles. The second-order valence-corrected chi connectivity index (χ2v) is 3.08. The molecule has 2 N–H and O–H groups in total. The van der Waals surface area contributed by atoms with Crippen LogP contribution in [0.15, 0.2) is 12.7 Å². The third-order valence-electron chi connectivity index (χ3n) is 1.94. The second-order valence-electron chi connectivity index (χ2n) is 3.08. The van der Waals surface area contributed by atoms with Gasteiger partial charge in [0, 0.05) is 6.54 Å². The molecule has 15 heavy (non-hydrogen) atoms. The molecular weight excluding hydrogens is 202 g/mol. The fourth-order valence-corrected chi connectivity index (χ4v) is 1.16. The molecule has 0 aliphatic heterocycles. The SMILES string of the molecule is O=C(O)CC(CCn1cncn1)C(=O)O. The molecule has 1 rings (SSSR count). The molecule has 82 valence electrons. The predicted octanol–water partition coefficient (Wildman–Crippen LogP) is -0.156. The number of rotatable bonds is 6. The van der Waals surface area contributed by atoms with Crippen LogP contribution in [0.2, 0.25) is 0 Å². The van der Waals surface area contributed by atoms with Crippen molar-refractivity contribution in [3.63, 3.8) is 0 Å². The lowest BCUT2D eigenvalue weighted by molar-refractivity contribution is -0.148. The smallest absolute Gasteiger partial charge is 0.307 e. The summed E-state index contributed by atoms with van der Waals surface area (Å²) in [5.41, 5.74) is 0. The van der Waals surface area contributed by atoms with Gasteiger partial charge in [-0.3, -0.25) is 14.3 Å². The average molecular weight is 213 g/mol. The number of carbonyl (C=O) groups is 2. The van der Waals surface area contributed by atoms with Crippen LogP contribution in [-0.4, -0.2) is 36.9 Å². The van der Waals surface area contributed by atoms with Crippen molar-refractivity contribution in [3.05, 3.63) is 12.7 Å². The highest BCUT2D eigenvalue weighted by atomic mass is 16.4. The summed E-state index contributed by atoms with van der Waals surface area (Å²) in [4.78, 5) is 24.8. The Morgan fingerprint density at radius 1 is 1.40 bits per heavy atom. The fraction of sp³-hybridized carbons (Fsp3) is 0.500. The van der Waals surface area contributed by atoms with Crippen LogP contribution in [0.3, 0.4) is 0 Å². The number of aliphatic carboxylic acids is 2. The Balaban J connectivity index is 2.45. The molecule has 1 atom stereocenters. The highest BCUT2D eigenvalue weighted by molar-refractivity contribution is 5.77. The van der Waals surface area contributed by atoms with Crippen molar-refractivity contribution in [1.29, 1.82) is 0 Å². The summed E-state index contributed by atoms with van der Waals surface area (Å²) in [6.07, 6.45) is 2.65. The first kappa shape index (κ1) is 11.2. The van der Waals surface area contributed by atoms with E-state index in [1.807, 2.05) is 0 Å². The van der Waals surface area contributed by atoms with Gasteiger partial charge >= 0.3 is 11.9 Å². The Bertz CT molecular complexity index is 336. The van der Waals surface area contributed by atoms with Crippen molar-refractivity contribution in [2.45, 2.75) is 19.4 Å². The van der Waals surface area contributed by atoms with Crippen molar-refractivity contribution in [1.82, 2.24) is 14.8 Å². The van der Waals surface area contributed by atoms with E-state index in [1.165, 1.54) is 17.3 Å². The first-order chi connectivity index (χ1) is 7.09. The summed E-state index contributed by atoms with van der Waals surface area (Å²) in [5.74, 6) is -3.09. The summed E-state index contributed by atoms with van der Waals surface area (Å²) >= 11 is 0. The lowest BCUT2D eigenvalue weighted by atomic mass is 10.0. The summed E-state index contributed by atoms with van der Waals surface area (Å²) in [5, 5.41) is 21.0. The van der Waals surface area contributed by atoms with E-state index in [9.17, 15) is 9.59 Å². The van der Waals surface area contributed by atoms with Crippen LogP contribution >= 0.6 is 0 Å². The number of carboxylic acids is 2. The maximum absolute atomic E-state index is 10.7. The number of aromatic nitrogens is 3. The van der Waals surface area contributed by atoms with Crippen LogP contribution in [0.4, 0.5) is 0 Å². The highest BCUT2D eigenvalue weighted by Crippen LogP contribution is 2.10. The van der Waals surface area contributed by atoms with Crippen LogP contribution in [0.25, 0.3) is 0 Å². The van der Waals surface area contributed by atoms with Gasteiger partial charge in [-0.2, -0.15) is 5.10 Å². The van der Waals surface area contributed by atoms with Crippen LogP contribution in [0.5, 0.6) is 0 Å². The van der Waals surface area contributed by atoms with E-state index in [-0.39, 0.29) is 12.8 Å². The number of nitrogens with zero attached hydrogens (tertiary/aromatic N) is 3. The van der Waals surface area contributed by atoms with Gasteiger partial charge in [0.1, 0.15) is 12.7 Å². The molecule has 0 aliphatic carbocycles. The van der Waals surface area contributed by atoms with Gasteiger partial charge in [-0.15, -0.1) is 0 Å². The quantitative estimate of drug-likeness (QED) is 0.680. The van der Waals surface area contributed by atoms with Gasteiger partial charge in [-0.05, 0) is 6.42 Å². The first-order valence-electron chi connectivity index (χ1n) is 4.36. The molecule has 1 unspecified atom stereocenters. The van der Waals surface area contributed by atoms with Gasteiger partial charge in [-0.25, -0.2) is 4.98 Å². The van der Waals surface area contributed by atoms with E-state index in [1.54, 1.807) is 0 Å². The van der Waals surface area contributed by atoms with Crippen molar-refractivity contribution >= 4 is 11.9 Å². The monoisotopic (exact) mass is 213 g/mol. The molecule has 0 spiro atoms. The molecule has 0 fully saturated rings. The van der Waals surface area contributed by atoms with Gasteiger partial charge in [0.25, 0.3) is 0 Å². The Morgan fingerprint density at radius 2 is 2.13 bits per heavy atom. The topological polar surface area (TPSA) is 105 Å². The molecule has 0 amide bonds. The Hall–Kier alpha value is -1.92. The maximum atomic E-state index is 10.7. The molecule has 1 aromatic rings. The maximum Gasteiger partial charge on any atom is 0.307 e. The molecule has 7 nitrogen and oxygen atoms in total. The van der Waals surface area contributed by atoms with Gasteiger partial charge in [0.2, 0.25) is 0 Å². The molecule has 1 aromatic heterocycles. The third-order valence-corrected chi connectivity index (χ3v) is 1.94. The highest BCUT2D eigenvalue weighted by Gasteiger charge is 2.20. The van der Waals surface area contributed by atoms with Crippen molar-refractivity contribution in [2.24, 2.45) is 5.92 Å². The first-order valence-corrected chi connectivity index (χ1v) is 4.36. The number of hydrogen-bond donors (Lipinski definition) is 2. The predicted molar refractivity (Wildman–Crippen MR) is 48.0 cm³/mol. The van der Waals surface area contributed by atoms with Crippen LogP contribution in [-0.2, 0) is 16.1 Å². The third kappa shape index (κ3) is 3.75. The summed E-state index contributed by atoms with van der Waals surface area (Å²) < 4.78 is 1.47. The van der Waals surface area contributed by atoms with Gasteiger partial charge in [-0.1, -0.05) is 0 Å².